The van der Waals surface area contributed by atoms with Crippen molar-refractivity contribution in [1.29, 1.82) is 0 Å². The molecule has 6 heteroatoms. The predicted molar refractivity (Wildman–Crippen MR) is 112 cm³/mol. The van der Waals surface area contributed by atoms with Crippen molar-refractivity contribution >= 4 is 5.91 Å². The molecule has 0 spiro atoms. The van der Waals surface area contributed by atoms with Gasteiger partial charge in [-0.05, 0) is 42.3 Å². The maximum absolute atomic E-state index is 13.7. The predicted octanol–water partition coefficient (Wildman–Crippen LogP) is 4.42. The number of rotatable bonds is 9. The fraction of sp³-hybridized carbons (Fsp3) is 0.208. The molecule has 0 aliphatic rings. The molecule has 0 atom stereocenters. The van der Waals surface area contributed by atoms with Crippen LogP contribution in [0.5, 0.6) is 17.2 Å². The Bertz CT molecular complexity index is 1010. The first-order valence-corrected chi connectivity index (χ1v) is 9.55. The van der Waals surface area contributed by atoms with Gasteiger partial charge in [-0.2, -0.15) is 0 Å². The molecule has 0 aliphatic heterocycles. The lowest BCUT2D eigenvalue weighted by Crippen LogP contribution is -2.28. The summed E-state index contributed by atoms with van der Waals surface area (Å²) in [6, 6.07) is 19.3. The van der Waals surface area contributed by atoms with Crippen LogP contribution in [-0.4, -0.2) is 19.6 Å². The number of hydrogen-bond acceptors (Lipinski definition) is 4. The second-order valence-corrected chi connectivity index (χ2v) is 6.70. The zero-order valence-electron chi connectivity index (χ0n) is 17.0. The van der Waals surface area contributed by atoms with Gasteiger partial charge in [0.1, 0.15) is 18.2 Å². The monoisotopic (exact) mass is 409 g/mol. The van der Waals surface area contributed by atoms with E-state index in [2.05, 4.69) is 5.32 Å². The third-order valence-electron chi connectivity index (χ3n) is 4.51. The Morgan fingerprint density at radius 3 is 2.47 bits per heavy atom. The normalized spacial score (nSPS) is 10.4. The smallest absolute Gasteiger partial charge is 0.258 e. The van der Waals surface area contributed by atoms with Crippen LogP contribution in [0.15, 0.2) is 66.7 Å². The highest BCUT2D eigenvalue weighted by atomic mass is 19.1. The molecule has 1 amide bonds. The van der Waals surface area contributed by atoms with Gasteiger partial charge < -0.3 is 19.5 Å². The van der Waals surface area contributed by atoms with Crippen molar-refractivity contribution in [1.82, 2.24) is 5.32 Å². The third-order valence-corrected chi connectivity index (χ3v) is 4.51. The van der Waals surface area contributed by atoms with Gasteiger partial charge in [0.2, 0.25) is 0 Å². The molecular formula is C24H24FNO4. The molecule has 3 aromatic rings. The Labute approximate surface area is 175 Å². The van der Waals surface area contributed by atoms with Gasteiger partial charge in [-0.1, -0.05) is 42.5 Å². The van der Waals surface area contributed by atoms with E-state index in [0.717, 1.165) is 11.1 Å². The number of carbonyl (C=O) groups is 1. The zero-order valence-corrected chi connectivity index (χ0v) is 17.0. The van der Waals surface area contributed by atoms with Gasteiger partial charge in [-0.25, -0.2) is 4.39 Å². The van der Waals surface area contributed by atoms with E-state index in [1.165, 1.54) is 13.2 Å². The average molecular weight is 409 g/mol. The minimum absolute atomic E-state index is 0.0637. The van der Waals surface area contributed by atoms with Crippen LogP contribution in [-0.2, 0) is 17.9 Å². The van der Waals surface area contributed by atoms with E-state index in [4.69, 9.17) is 14.2 Å². The number of carbonyl (C=O) groups excluding carboxylic acids is 1. The minimum Gasteiger partial charge on any atom is -0.493 e. The topological polar surface area (TPSA) is 56.8 Å². The summed E-state index contributed by atoms with van der Waals surface area (Å²) >= 11 is 0. The van der Waals surface area contributed by atoms with Gasteiger partial charge in [-0.3, -0.25) is 4.79 Å². The number of methoxy groups -OCH3 is 1. The minimum atomic E-state index is -0.316. The molecule has 1 N–H and O–H groups in total. The quantitative estimate of drug-likeness (QED) is 0.569. The van der Waals surface area contributed by atoms with E-state index in [1.54, 1.807) is 30.3 Å². The lowest BCUT2D eigenvalue weighted by molar-refractivity contribution is -0.123. The van der Waals surface area contributed by atoms with Crippen LogP contribution in [0.3, 0.4) is 0 Å². The molecular weight excluding hydrogens is 385 g/mol. The van der Waals surface area contributed by atoms with E-state index >= 15 is 0 Å². The van der Waals surface area contributed by atoms with E-state index in [1.807, 2.05) is 37.3 Å². The van der Waals surface area contributed by atoms with Crippen LogP contribution < -0.4 is 19.5 Å². The highest BCUT2D eigenvalue weighted by Crippen LogP contribution is 2.29. The lowest BCUT2D eigenvalue weighted by Gasteiger charge is -2.13. The second kappa shape index (κ2) is 10.3. The molecule has 0 fully saturated rings. The number of nitrogens with one attached hydrogen (secondary N) is 1. The number of hydrogen-bond donors (Lipinski definition) is 1. The molecule has 0 bridgehead atoms. The summed E-state index contributed by atoms with van der Waals surface area (Å²) in [7, 11) is 1.53. The molecule has 0 aliphatic carbocycles. The Morgan fingerprint density at radius 2 is 1.70 bits per heavy atom. The van der Waals surface area contributed by atoms with Gasteiger partial charge >= 0.3 is 0 Å². The summed E-state index contributed by atoms with van der Waals surface area (Å²) in [5, 5.41) is 2.81. The van der Waals surface area contributed by atoms with Crippen LogP contribution in [0.1, 0.15) is 16.7 Å². The third kappa shape index (κ3) is 5.73. The molecule has 0 aromatic heterocycles. The Morgan fingerprint density at radius 1 is 0.933 bits per heavy atom. The fourth-order valence-electron chi connectivity index (χ4n) is 2.83. The van der Waals surface area contributed by atoms with Gasteiger partial charge in [0.25, 0.3) is 5.91 Å². The number of amides is 1. The SMILES string of the molecule is COc1cc(CNC(=O)COc2ccccc2C)ccc1OCc1ccccc1F. The molecule has 5 nitrogen and oxygen atoms in total. The highest BCUT2D eigenvalue weighted by molar-refractivity contribution is 5.77. The number of halogens is 1. The van der Waals surface area contributed by atoms with Gasteiger partial charge in [0.15, 0.2) is 18.1 Å². The molecule has 0 saturated carbocycles. The van der Waals surface area contributed by atoms with Gasteiger partial charge in [-0.15, -0.1) is 0 Å². The van der Waals surface area contributed by atoms with Crippen molar-refractivity contribution in [2.24, 2.45) is 0 Å². The largest absolute Gasteiger partial charge is 0.493 e. The van der Waals surface area contributed by atoms with E-state index in [-0.39, 0.29) is 24.9 Å². The van der Waals surface area contributed by atoms with Crippen molar-refractivity contribution < 1.29 is 23.4 Å². The summed E-state index contributed by atoms with van der Waals surface area (Å²) in [5.74, 6) is 1.15. The number of benzene rings is 3. The number of aryl methyl sites for hydroxylation is 1. The van der Waals surface area contributed by atoms with E-state index in [0.29, 0.717) is 29.4 Å². The Kier molecular flexibility index (Phi) is 7.27. The van der Waals surface area contributed by atoms with Crippen molar-refractivity contribution in [2.45, 2.75) is 20.1 Å². The second-order valence-electron chi connectivity index (χ2n) is 6.70. The summed E-state index contributed by atoms with van der Waals surface area (Å²) < 4.78 is 30.4. The summed E-state index contributed by atoms with van der Waals surface area (Å²) in [6.45, 7) is 2.27. The summed E-state index contributed by atoms with van der Waals surface area (Å²) in [5.41, 5.74) is 2.28. The molecule has 0 radical (unpaired) electrons. The lowest BCUT2D eigenvalue weighted by atomic mass is 10.2. The van der Waals surface area contributed by atoms with Crippen molar-refractivity contribution in [3.63, 3.8) is 0 Å². The first-order chi connectivity index (χ1) is 14.6. The number of ether oxygens (including phenoxy) is 3. The van der Waals surface area contributed by atoms with Gasteiger partial charge in [0, 0.05) is 12.1 Å². The van der Waals surface area contributed by atoms with Gasteiger partial charge in [0.05, 0.1) is 7.11 Å². The first-order valence-electron chi connectivity index (χ1n) is 9.55. The first kappa shape index (κ1) is 21.2. The highest BCUT2D eigenvalue weighted by Gasteiger charge is 2.10. The zero-order chi connectivity index (χ0) is 21.3. The molecule has 0 saturated heterocycles. The molecule has 30 heavy (non-hydrogen) atoms. The Hall–Kier alpha value is -3.54. The molecule has 3 rings (SSSR count). The maximum Gasteiger partial charge on any atom is 0.258 e. The molecule has 0 heterocycles. The molecule has 3 aromatic carbocycles. The van der Waals surface area contributed by atoms with Crippen molar-refractivity contribution in [2.75, 3.05) is 13.7 Å². The average Bonchev–Trinajstić information content (AvgIpc) is 2.77. The van der Waals surface area contributed by atoms with Crippen LogP contribution in [0.2, 0.25) is 0 Å². The van der Waals surface area contributed by atoms with Crippen LogP contribution in [0.25, 0.3) is 0 Å². The fourth-order valence-corrected chi connectivity index (χ4v) is 2.83. The van der Waals surface area contributed by atoms with E-state index in [9.17, 15) is 9.18 Å². The van der Waals surface area contributed by atoms with Crippen molar-refractivity contribution in [3.8, 4) is 17.2 Å². The molecule has 0 unspecified atom stereocenters. The molecule has 156 valence electrons. The van der Waals surface area contributed by atoms with Crippen LogP contribution in [0, 0.1) is 12.7 Å². The standard InChI is InChI=1S/C24H24FNO4/c1-17-7-3-6-10-21(17)30-16-24(27)26-14-18-11-12-22(23(13-18)28-2)29-15-19-8-4-5-9-20(19)25/h3-13H,14-16H2,1-2H3,(H,26,27). The van der Waals surface area contributed by atoms with Crippen molar-refractivity contribution in [3.05, 3.63) is 89.2 Å². The number of para-hydroxylation sites is 1. The summed E-state index contributed by atoms with van der Waals surface area (Å²) in [6.07, 6.45) is 0. The maximum atomic E-state index is 13.7. The summed E-state index contributed by atoms with van der Waals surface area (Å²) in [4.78, 5) is 12.1. The van der Waals surface area contributed by atoms with Crippen LogP contribution >= 0.6 is 0 Å². The van der Waals surface area contributed by atoms with Crippen LogP contribution in [0.4, 0.5) is 4.39 Å². The Balaban J connectivity index is 1.53. The van der Waals surface area contributed by atoms with E-state index < -0.39 is 0 Å².